The zero-order chi connectivity index (χ0) is 21.0. The average molecular weight is 399 g/mol. The third kappa shape index (κ3) is 4.76. The summed E-state index contributed by atoms with van der Waals surface area (Å²) in [5, 5.41) is 25.6. The summed E-state index contributed by atoms with van der Waals surface area (Å²) in [5.41, 5.74) is 1.74. The number of benzene rings is 1. The van der Waals surface area contributed by atoms with E-state index >= 15 is 0 Å². The maximum Gasteiger partial charge on any atom is 0.271 e. The van der Waals surface area contributed by atoms with Crippen molar-refractivity contribution in [3.8, 4) is 0 Å². The lowest BCUT2D eigenvalue weighted by Crippen LogP contribution is -2.25. The Labute approximate surface area is 167 Å². The van der Waals surface area contributed by atoms with Gasteiger partial charge in [0.15, 0.2) is 5.82 Å². The summed E-state index contributed by atoms with van der Waals surface area (Å²) in [7, 11) is 0. The van der Waals surface area contributed by atoms with Gasteiger partial charge < -0.3 is 10.6 Å². The number of nitro groups is 1. The lowest BCUT2D eigenvalue weighted by Gasteiger charge is -2.10. The van der Waals surface area contributed by atoms with Crippen molar-refractivity contribution in [1.82, 2.24) is 24.9 Å². The van der Waals surface area contributed by atoms with Crippen LogP contribution in [0.25, 0.3) is 16.7 Å². The highest BCUT2D eigenvalue weighted by Gasteiger charge is 2.16. The molecule has 29 heavy (non-hydrogen) atoms. The standard InChI is InChI=1S/C19H25N7O3/c1-12(2)10-17(27)20-8-4-5-9-21-18-19-24-23-13(3)25(19)16-11-14(26(28)29)6-7-15(16)22-18/h6-7,11-12H,4-5,8-10H2,1-3H3,(H,20,27)(H,21,22). The van der Waals surface area contributed by atoms with E-state index in [9.17, 15) is 14.9 Å². The fraction of sp³-hybridized carbons (Fsp3) is 0.474. The molecule has 10 nitrogen and oxygen atoms in total. The molecule has 0 unspecified atom stereocenters. The number of hydrogen-bond acceptors (Lipinski definition) is 7. The van der Waals surface area contributed by atoms with Gasteiger partial charge in [-0.05, 0) is 31.7 Å². The average Bonchev–Trinajstić information content (AvgIpc) is 3.05. The summed E-state index contributed by atoms with van der Waals surface area (Å²) < 4.78 is 1.77. The fourth-order valence-corrected chi connectivity index (χ4v) is 3.12. The molecule has 0 spiro atoms. The quantitative estimate of drug-likeness (QED) is 0.322. The Morgan fingerprint density at radius 3 is 2.72 bits per heavy atom. The van der Waals surface area contributed by atoms with Gasteiger partial charge in [-0.15, -0.1) is 10.2 Å². The molecule has 0 saturated carbocycles. The molecule has 2 aromatic heterocycles. The monoisotopic (exact) mass is 399 g/mol. The van der Waals surface area contributed by atoms with Crippen molar-refractivity contribution in [2.45, 2.75) is 40.0 Å². The van der Waals surface area contributed by atoms with Gasteiger partial charge >= 0.3 is 0 Å². The van der Waals surface area contributed by atoms with E-state index < -0.39 is 4.92 Å². The van der Waals surface area contributed by atoms with E-state index in [1.807, 2.05) is 13.8 Å². The van der Waals surface area contributed by atoms with Crippen molar-refractivity contribution < 1.29 is 9.72 Å². The number of carbonyl (C=O) groups excluding carboxylic acids is 1. The molecule has 1 aromatic carbocycles. The highest BCUT2D eigenvalue weighted by Crippen LogP contribution is 2.25. The lowest BCUT2D eigenvalue weighted by atomic mass is 10.1. The van der Waals surface area contributed by atoms with E-state index in [-0.39, 0.29) is 11.6 Å². The number of aromatic nitrogens is 4. The number of nitro benzene ring substituents is 1. The smallest absolute Gasteiger partial charge is 0.271 e. The number of hydrogen-bond donors (Lipinski definition) is 2. The molecule has 0 saturated heterocycles. The summed E-state index contributed by atoms with van der Waals surface area (Å²) >= 11 is 0. The van der Waals surface area contributed by atoms with Gasteiger partial charge in [-0.25, -0.2) is 4.98 Å². The number of unbranched alkanes of at least 4 members (excludes halogenated alkanes) is 1. The molecule has 0 radical (unpaired) electrons. The fourth-order valence-electron chi connectivity index (χ4n) is 3.12. The maximum absolute atomic E-state index is 11.7. The number of amides is 1. The van der Waals surface area contributed by atoms with E-state index in [2.05, 4.69) is 25.8 Å². The van der Waals surface area contributed by atoms with E-state index in [0.29, 0.717) is 53.8 Å². The molecule has 0 atom stereocenters. The Bertz CT molecular complexity index is 1050. The van der Waals surface area contributed by atoms with Crippen molar-refractivity contribution in [2.24, 2.45) is 5.92 Å². The van der Waals surface area contributed by atoms with Crippen LogP contribution < -0.4 is 10.6 Å². The molecular formula is C19H25N7O3. The highest BCUT2D eigenvalue weighted by molar-refractivity contribution is 5.84. The molecule has 1 amide bonds. The summed E-state index contributed by atoms with van der Waals surface area (Å²) in [5.74, 6) is 1.64. The second kappa shape index (κ2) is 8.80. The largest absolute Gasteiger partial charge is 0.367 e. The first-order chi connectivity index (χ1) is 13.9. The molecule has 0 aliphatic rings. The minimum atomic E-state index is -0.433. The Morgan fingerprint density at radius 2 is 2.00 bits per heavy atom. The first-order valence-corrected chi connectivity index (χ1v) is 9.67. The lowest BCUT2D eigenvalue weighted by molar-refractivity contribution is -0.384. The zero-order valence-corrected chi connectivity index (χ0v) is 16.8. The van der Waals surface area contributed by atoms with E-state index in [1.54, 1.807) is 17.4 Å². The van der Waals surface area contributed by atoms with Crippen molar-refractivity contribution in [1.29, 1.82) is 0 Å². The van der Waals surface area contributed by atoms with Gasteiger partial charge in [-0.3, -0.25) is 19.3 Å². The molecule has 0 aliphatic heterocycles. The van der Waals surface area contributed by atoms with Gasteiger partial charge in [0, 0.05) is 31.6 Å². The summed E-state index contributed by atoms with van der Waals surface area (Å²) in [6.07, 6.45) is 2.24. The predicted octanol–water partition coefficient (Wildman–Crippen LogP) is 2.85. The molecule has 2 heterocycles. The summed E-state index contributed by atoms with van der Waals surface area (Å²) in [4.78, 5) is 26.9. The van der Waals surface area contributed by atoms with Gasteiger partial charge in [0.1, 0.15) is 5.82 Å². The number of anilines is 1. The van der Waals surface area contributed by atoms with E-state index in [4.69, 9.17) is 0 Å². The third-order valence-electron chi connectivity index (χ3n) is 4.49. The molecule has 3 aromatic rings. The number of nitrogens with zero attached hydrogens (tertiary/aromatic N) is 5. The highest BCUT2D eigenvalue weighted by atomic mass is 16.6. The minimum absolute atomic E-state index is 0.00563. The Kier molecular flexibility index (Phi) is 6.20. The van der Waals surface area contributed by atoms with Gasteiger partial charge in [0.05, 0.1) is 16.0 Å². The van der Waals surface area contributed by atoms with Gasteiger partial charge in [-0.2, -0.15) is 0 Å². The van der Waals surface area contributed by atoms with E-state index in [0.717, 1.165) is 12.8 Å². The Hall–Kier alpha value is -3.30. The van der Waals surface area contributed by atoms with Crippen molar-refractivity contribution in [2.75, 3.05) is 18.4 Å². The van der Waals surface area contributed by atoms with E-state index in [1.165, 1.54) is 12.1 Å². The maximum atomic E-state index is 11.7. The van der Waals surface area contributed by atoms with Crippen LogP contribution in [0.15, 0.2) is 18.2 Å². The van der Waals surface area contributed by atoms with Crippen LogP contribution in [-0.4, -0.2) is 43.5 Å². The molecule has 10 heteroatoms. The van der Waals surface area contributed by atoms with Crippen LogP contribution in [0.2, 0.25) is 0 Å². The molecule has 2 N–H and O–H groups in total. The van der Waals surface area contributed by atoms with Crippen molar-refractivity contribution >= 4 is 34.1 Å². The number of fused-ring (bicyclic) bond motifs is 3. The first kappa shape index (κ1) is 20.4. The molecule has 3 rings (SSSR count). The normalized spacial score (nSPS) is 11.3. The zero-order valence-electron chi connectivity index (χ0n) is 16.8. The van der Waals surface area contributed by atoms with Crippen LogP contribution in [-0.2, 0) is 4.79 Å². The minimum Gasteiger partial charge on any atom is -0.367 e. The number of rotatable bonds is 9. The van der Waals surface area contributed by atoms with Crippen molar-refractivity contribution in [3.05, 3.63) is 34.1 Å². The topological polar surface area (TPSA) is 127 Å². The van der Waals surface area contributed by atoms with Crippen molar-refractivity contribution in [3.63, 3.8) is 0 Å². The number of carbonyl (C=O) groups is 1. The summed E-state index contributed by atoms with van der Waals surface area (Å²) in [6.45, 7) is 7.13. The Balaban J connectivity index is 1.68. The Morgan fingerprint density at radius 1 is 1.24 bits per heavy atom. The predicted molar refractivity (Wildman–Crippen MR) is 110 cm³/mol. The molecular weight excluding hydrogens is 374 g/mol. The number of non-ortho nitro benzene ring substituents is 1. The van der Waals surface area contributed by atoms with Gasteiger partial charge in [0.25, 0.3) is 5.69 Å². The van der Waals surface area contributed by atoms with Crippen LogP contribution >= 0.6 is 0 Å². The SMILES string of the molecule is Cc1nnc2c(NCCCCNC(=O)CC(C)C)nc3ccc([N+](=O)[O-])cc3n12. The van der Waals surface area contributed by atoms with Crippen LogP contribution in [0.5, 0.6) is 0 Å². The first-order valence-electron chi connectivity index (χ1n) is 9.67. The van der Waals surface area contributed by atoms with Crippen LogP contribution in [0, 0.1) is 23.0 Å². The molecule has 154 valence electrons. The van der Waals surface area contributed by atoms with Crippen LogP contribution in [0.3, 0.4) is 0 Å². The van der Waals surface area contributed by atoms with Crippen LogP contribution in [0.4, 0.5) is 11.5 Å². The summed E-state index contributed by atoms with van der Waals surface area (Å²) in [6, 6.07) is 4.54. The number of nitrogens with one attached hydrogen (secondary N) is 2. The van der Waals surface area contributed by atoms with Gasteiger partial charge in [-0.1, -0.05) is 13.8 Å². The second-order valence-electron chi connectivity index (χ2n) is 7.38. The molecule has 0 bridgehead atoms. The number of aryl methyl sites for hydroxylation is 1. The van der Waals surface area contributed by atoms with Gasteiger partial charge in [0.2, 0.25) is 11.6 Å². The molecule has 0 fully saturated rings. The van der Waals surface area contributed by atoms with Crippen LogP contribution in [0.1, 0.15) is 38.9 Å². The molecule has 0 aliphatic carbocycles. The second-order valence-corrected chi connectivity index (χ2v) is 7.38. The third-order valence-corrected chi connectivity index (χ3v) is 4.49.